The molecule has 1 saturated heterocycles. The third-order valence-corrected chi connectivity index (χ3v) is 6.46. The number of Topliss-reactive ketones (excluding diaryl/α,β-unsaturated/α-hetero) is 1. The van der Waals surface area contributed by atoms with Crippen LogP contribution < -0.4 is 9.64 Å². The van der Waals surface area contributed by atoms with Crippen molar-refractivity contribution in [2.24, 2.45) is 5.92 Å². The number of rotatable bonds is 7. The average Bonchev–Trinajstić information content (AvgIpc) is 3.52. The van der Waals surface area contributed by atoms with E-state index in [0.29, 0.717) is 10.0 Å². The number of carbonyl (C=O) groups excluding carboxylic acids is 3. The maximum absolute atomic E-state index is 12.5. The number of hydrogen-bond donors (Lipinski definition) is 0. The highest BCUT2D eigenvalue weighted by atomic mass is 32.1. The fraction of sp³-hybridized carbons (Fsp3) is 0.238. The molecule has 0 radical (unpaired) electrons. The molecule has 9 heteroatoms. The van der Waals surface area contributed by atoms with Gasteiger partial charge in [0, 0.05) is 23.9 Å². The zero-order valence-corrected chi connectivity index (χ0v) is 17.7. The molecule has 0 N–H and O–H groups in total. The summed E-state index contributed by atoms with van der Waals surface area (Å²) in [5.74, 6) is -0.868. The predicted octanol–water partition coefficient (Wildman–Crippen LogP) is 3.66. The van der Waals surface area contributed by atoms with Gasteiger partial charge in [0.15, 0.2) is 11.7 Å². The minimum absolute atomic E-state index is 0.0418. The molecule has 3 heterocycles. The van der Waals surface area contributed by atoms with Gasteiger partial charge in [-0.3, -0.25) is 19.3 Å². The van der Waals surface area contributed by atoms with Crippen LogP contribution in [-0.4, -0.2) is 42.9 Å². The Balaban J connectivity index is 1.39. The first kappa shape index (κ1) is 20.2. The van der Waals surface area contributed by atoms with Crippen LogP contribution in [0.2, 0.25) is 0 Å². The fourth-order valence-corrected chi connectivity index (χ4v) is 4.63. The molecule has 30 heavy (non-hydrogen) atoms. The van der Waals surface area contributed by atoms with Crippen molar-refractivity contribution in [1.29, 1.82) is 0 Å². The molecular weight excluding hydrogens is 424 g/mol. The topological polar surface area (TPSA) is 85.8 Å². The van der Waals surface area contributed by atoms with Crippen molar-refractivity contribution in [3.63, 3.8) is 0 Å². The molecule has 1 aliphatic rings. The molecule has 3 aromatic rings. The summed E-state index contributed by atoms with van der Waals surface area (Å²) in [7, 11) is 1.60. The van der Waals surface area contributed by atoms with E-state index < -0.39 is 11.9 Å². The number of aromatic nitrogens is 1. The largest absolute Gasteiger partial charge is 0.497 e. The van der Waals surface area contributed by atoms with Crippen LogP contribution in [0.4, 0.5) is 5.13 Å². The van der Waals surface area contributed by atoms with Crippen molar-refractivity contribution >= 4 is 45.5 Å². The molecule has 1 amide bonds. The summed E-state index contributed by atoms with van der Waals surface area (Å²) in [5.41, 5.74) is 1.61. The zero-order chi connectivity index (χ0) is 21.1. The second kappa shape index (κ2) is 8.76. The molecule has 1 aliphatic heterocycles. The molecule has 0 bridgehead atoms. The van der Waals surface area contributed by atoms with Crippen molar-refractivity contribution in [2.75, 3.05) is 25.2 Å². The highest BCUT2D eigenvalue weighted by molar-refractivity contribution is 7.14. The average molecular weight is 443 g/mol. The van der Waals surface area contributed by atoms with Gasteiger partial charge < -0.3 is 9.47 Å². The third kappa shape index (κ3) is 4.27. The Morgan fingerprint density at radius 1 is 1.23 bits per heavy atom. The molecule has 0 unspecified atom stereocenters. The monoisotopic (exact) mass is 442 g/mol. The van der Waals surface area contributed by atoms with Gasteiger partial charge in [-0.25, -0.2) is 4.98 Å². The van der Waals surface area contributed by atoms with Crippen LogP contribution in [0.5, 0.6) is 5.75 Å². The predicted molar refractivity (Wildman–Crippen MR) is 114 cm³/mol. The van der Waals surface area contributed by atoms with Gasteiger partial charge in [0.25, 0.3) is 0 Å². The van der Waals surface area contributed by atoms with E-state index in [1.807, 2.05) is 29.6 Å². The first-order valence-corrected chi connectivity index (χ1v) is 10.9. The Hall–Kier alpha value is -3.04. The van der Waals surface area contributed by atoms with Gasteiger partial charge in [0.1, 0.15) is 5.75 Å². The van der Waals surface area contributed by atoms with Crippen LogP contribution in [0.1, 0.15) is 16.1 Å². The SMILES string of the molecule is COc1cccc(-c2csc(N3C[C@H](C(=O)OCC(=O)c4cccs4)CC3=O)n2)c1. The molecule has 4 rings (SSSR count). The number of amides is 1. The Morgan fingerprint density at radius 3 is 2.87 bits per heavy atom. The first-order valence-electron chi connectivity index (χ1n) is 9.19. The van der Waals surface area contributed by atoms with Gasteiger partial charge in [-0.1, -0.05) is 18.2 Å². The minimum atomic E-state index is -0.613. The lowest BCUT2D eigenvalue weighted by atomic mass is 10.1. The molecule has 7 nitrogen and oxygen atoms in total. The van der Waals surface area contributed by atoms with Crippen LogP contribution >= 0.6 is 22.7 Å². The van der Waals surface area contributed by atoms with Gasteiger partial charge in [-0.15, -0.1) is 22.7 Å². The van der Waals surface area contributed by atoms with E-state index in [2.05, 4.69) is 4.98 Å². The lowest BCUT2D eigenvalue weighted by molar-refractivity contribution is -0.147. The van der Waals surface area contributed by atoms with Crippen molar-refractivity contribution < 1.29 is 23.9 Å². The summed E-state index contributed by atoms with van der Waals surface area (Å²) in [6, 6.07) is 11.0. The minimum Gasteiger partial charge on any atom is -0.497 e. The van der Waals surface area contributed by atoms with Crippen LogP contribution in [-0.2, 0) is 14.3 Å². The highest BCUT2D eigenvalue weighted by Crippen LogP contribution is 2.33. The Morgan fingerprint density at radius 2 is 2.10 bits per heavy atom. The fourth-order valence-electron chi connectivity index (χ4n) is 3.12. The molecule has 1 fully saturated rings. The van der Waals surface area contributed by atoms with Crippen LogP contribution in [0.3, 0.4) is 0 Å². The Kier molecular flexibility index (Phi) is 5.91. The van der Waals surface area contributed by atoms with E-state index >= 15 is 0 Å². The van der Waals surface area contributed by atoms with Crippen molar-refractivity contribution in [3.8, 4) is 17.0 Å². The lowest BCUT2D eigenvalue weighted by Crippen LogP contribution is -2.27. The smallest absolute Gasteiger partial charge is 0.311 e. The number of ketones is 1. The Labute approximate surface area is 180 Å². The molecule has 154 valence electrons. The normalized spacial score (nSPS) is 16.0. The summed E-state index contributed by atoms with van der Waals surface area (Å²) in [5, 5.41) is 4.18. The third-order valence-electron chi connectivity index (χ3n) is 4.69. The lowest BCUT2D eigenvalue weighted by Gasteiger charge is -2.12. The van der Waals surface area contributed by atoms with Gasteiger partial charge in [-0.05, 0) is 23.6 Å². The number of ether oxygens (including phenoxy) is 2. The number of carbonyl (C=O) groups is 3. The summed E-state index contributed by atoms with van der Waals surface area (Å²) in [6.07, 6.45) is 0.0418. The zero-order valence-electron chi connectivity index (χ0n) is 16.1. The van der Waals surface area contributed by atoms with E-state index in [0.717, 1.165) is 17.0 Å². The number of anilines is 1. The maximum atomic E-state index is 12.5. The van der Waals surface area contributed by atoms with E-state index in [1.165, 1.54) is 27.6 Å². The second-order valence-electron chi connectivity index (χ2n) is 6.66. The first-order chi connectivity index (χ1) is 14.5. The molecule has 1 atom stereocenters. The molecule has 0 saturated carbocycles. The van der Waals surface area contributed by atoms with Gasteiger partial charge in [-0.2, -0.15) is 0 Å². The molecule has 0 spiro atoms. The van der Waals surface area contributed by atoms with Gasteiger partial charge in [0.05, 0.1) is 23.6 Å². The van der Waals surface area contributed by atoms with Crippen LogP contribution in [0.25, 0.3) is 11.3 Å². The quantitative estimate of drug-likeness (QED) is 0.410. The van der Waals surface area contributed by atoms with E-state index in [4.69, 9.17) is 9.47 Å². The molecular formula is C21H18N2O5S2. The molecule has 1 aromatic carbocycles. The van der Waals surface area contributed by atoms with Crippen LogP contribution in [0.15, 0.2) is 47.2 Å². The van der Waals surface area contributed by atoms with E-state index in [9.17, 15) is 14.4 Å². The maximum Gasteiger partial charge on any atom is 0.311 e. The molecule has 0 aliphatic carbocycles. The van der Waals surface area contributed by atoms with E-state index in [-0.39, 0.29) is 31.3 Å². The number of thiazole rings is 1. The summed E-state index contributed by atoms with van der Waals surface area (Å²) in [4.78, 5) is 43.4. The van der Waals surface area contributed by atoms with Crippen LogP contribution in [0, 0.1) is 5.92 Å². The van der Waals surface area contributed by atoms with Gasteiger partial charge in [0.2, 0.25) is 11.7 Å². The van der Waals surface area contributed by atoms with Gasteiger partial charge >= 0.3 is 5.97 Å². The van der Waals surface area contributed by atoms with Crippen molar-refractivity contribution in [2.45, 2.75) is 6.42 Å². The summed E-state index contributed by atoms with van der Waals surface area (Å²) < 4.78 is 10.4. The van der Waals surface area contributed by atoms with Crippen molar-refractivity contribution in [3.05, 3.63) is 52.0 Å². The second-order valence-corrected chi connectivity index (χ2v) is 8.45. The number of esters is 1. The standard InChI is InChI=1S/C21H18N2O5S2/c1-27-15-5-2-4-13(8-15)16-12-30-21(22-16)23-10-14(9-19(23)25)20(26)28-11-17(24)18-6-3-7-29-18/h2-8,12,14H,9-11H2,1H3/t14-/m1/s1. The number of thiophene rings is 1. The summed E-state index contributed by atoms with van der Waals surface area (Å²) >= 11 is 2.64. The number of nitrogens with zero attached hydrogens (tertiary/aromatic N) is 2. The van der Waals surface area contributed by atoms with Crippen molar-refractivity contribution in [1.82, 2.24) is 4.98 Å². The number of methoxy groups -OCH3 is 1. The number of hydrogen-bond acceptors (Lipinski definition) is 8. The molecule has 2 aromatic heterocycles. The Bertz CT molecular complexity index is 1080. The van der Waals surface area contributed by atoms with E-state index in [1.54, 1.807) is 24.6 Å². The highest BCUT2D eigenvalue weighted by Gasteiger charge is 2.37. The summed E-state index contributed by atoms with van der Waals surface area (Å²) in [6.45, 7) is -0.128. The number of benzene rings is 1.